The van der Waals surface area contributed by atoms with E-state index >= 15 is 0 Å². The minimum absolute atomic E-state index is 0.0201. The molecular formula is C20H26FN3OS. The predicted molar refractivity (Wildman–Crippen MR) is 100 cm³/mol. The number of halogens is 1. The molecular weight excluding hydrogens is 349 g/mol. The van der Waals surface area contributed by atoms with Gasteiger partial charge in [0.1, 0.15) is 5.82 Å². The Balaban J connectivity index is 1.32. The van der Waals surface area contributed by atoms with Crippen molar-refractivity contribution in [3.05, 3.63) is 29.6 Å². The third-order valence-electron chi connectivity index (χ3n) is 6.02. The average Bonchev–Trinajstić information content (AvgIpc) is 3.10. The maximum Gasteiger partial charge on any atom is 0.138 e. The molecule has 3 aliphatic rings. The summed E-state index contributed by atoms with van der Waals surface area (Å²) in [6, 6.07) is 7.22. The molecule has 0 bridgehead atoms. The van der Waals surface area contributed by atoms with Crippen LogP contribution in [0.1, 0.15) is 44.1 Å². The minimum Gasteiger partial charge on any atom is -0.373 e. The van der Waals surface area contributed by atoms with Crippen molar-refractivity contribution in [1.29, 1.82) is 5.26 Å². The van der Waals surface area contributed by atoms with Gasteiger partial charge in [-0.05, 0) is 75.3 Å². The Hall–Kier alpha value is -1.13. The van der Waals surface area contributed by atoms with E-state index in [1.54, 1.807) is 6.07 Å². The molecule has 1 spiro atoms. The summed E-state index contributed by atoms with van der Waals surface area (Å²) < 4.78 is 22.5. The number of hydrogen-bond acceptors (Lipinski definition) is 5. The largest absolute Gasteiger partial charge is 0.373 e. The van der Waals surface area contributed by atoms with Crippen LogP contribution < -0.4 is 0 Å². The van der Waals surface area contributed by atoms with Crippen LogP contribution in [0.3, 0.4) is 0 Å². The zero-order valence-electron chi connectivity index (χ0n) is 15.1. The van der Waals surface area contributed by atoms with Gasteiger partial charge in [0, 0.05) is 19.1 Å². The van der Waals surface area contributed by atoms with Crippen molar-refractivity contribution in [2.24, 2.45) is 0 Å². The van der Waals surface area contributed by atoms with Crippen molar-refractivity contribution < 1.29 is 9.13 Å². The van der Waals surface area contributed by atoms with Crippen molar-refractivity contribution >= 4 is 11.9 Å². The highest BCUT2D eigenvalue weighted by atomic mass is 32.2. The molecule has 1 aromatic rings. The summed E-state index contributed by atoms with van der Waals surface area (Å²) in [4.78, 5) is 3.17. The van der Waals surface area contributed by atoms with Gasteiger partial charge < -0.3 is 4.74 Å². The van der Waals surface area contributed by atoms with Gasteiger partial charge >= 0.3 is 0 Å². The molecule has 0 radical (unpaired) electrons. The molecule has 3 heterocycles. The van der Waals surface area contributed by atoms with E-state index in [0.29, 0.717) is 16.5 Å². The average molecular weight is 376 g/mol. The molecule has 4 nitrogen and oxygen atoms in total. The molecule has 1 aromatic carbocycles. The Morgan fingerprint density at radius 3 is 2.65 bits per heavy atom. The third-order valence-corrected chi connectivity index (χ3v) is 7.15. The lowest BCUT2D eigenvalue weighted by Crippen LogP contribution is -2.44. The number of hydrogen-bond donors (Lipinski definition) is 0. The second-order valence-electron chi connectivity index (χ2n) is 7.73. The van der Waals surface area contributed by atoms with Gasteiger partial charge in [-0.2, -0.15) is 5.26 Å². The Labute approximate surface area is 159 Å². The van der Waals surface area contributed by atoms with Crippen molar-refractivity contribution in [3.8, 4) is 6.07 Å². The van der Waals surface area contributed by atoms with Gasteiger partial charge in [-0.1, -0.05) is 6.42 Å². The molecule has 0 saturated carbocycles. The monoisotopic (exact) mass is 375 g/mol. The van der Waals surface area contributed by atoms with Crippen LogP contribution in [0.25, 0.3) is 0 Å². The number of nitriles is 1. The van der Waals surface area contributed by atoms with Gasteiger partial charge in [0.05, 0.1) is 28.7 Å². The van der Waals surface area contributed by atoms with E-state index in [1.165, 1.54) is 56.4 Å². The highest BCUT2D eigenvalue weighted by molar-refractivity contribution is 7.97. The summed E-state index contributed by atoms with van der Waals surface area (Å²) in [6.45, 7) is 5.11. The first kappa shape index (κ1) is 18.2. The van der Waals surface area contributed by atoms with Crippen molar-refractivity contribution in [2.45, 2.75) is 55.1 Å². The van der Waals surface area contributed by atoms with Gasteiger partial charge in [0.25, 0.3) is 0 Å². The van der Waals surface area contributed by atoms with Crippen molar-refractivity contribution in [1.82, 2.24) is 9.21 Å². The first-order chi connectivity index (χ1) is 12.7. The lowest BCUT2D eigenvalue weighted by Gasteiger charge is -2.38. The van der Waals surface area contributed by atoms with Crippen LogP contribution in [-0.4, -0.2) is 53.6 Å². The molecule has 3 saturated heterocycles. The lowest BCUT2D eigenvalue weighted by atomic mass is 9.87. The van der Waals surface area contributed by atoms with Gasteiger partial charge in [0.2, 0.25) is 0 Å². The molecule has 0 aliphatic carbocycles. The number of nitrogens with zero attached hydrogens (tertiary/aromatic N) is 3. The summed E-state index contributed by atoms with van der Waals surface area (Å²) in [6.07, 6.45) is 7.16. The van der Waals surface area contributed by atoms with E-state index in [9.17, 15) is 4.39 Å². The molecule has 0 aromatic heterocycles. The molecule has 1 unspecified atom stereocenters. The first-order valence-corrected chi connectivity index (χ1v) is 10.5. The fourth-order valence-electron chi connectivity index (χ4n) is 4.45. The van der Waals surface area contributed by atoms with E-state index in [1.807, 2.05) is 0 Å². The predicted octanol–water partition coefficient (Wildman–Crippen LogP) is 3.81. The van der Waals surface area contributed by atoms with Gasteiger partial charge in [0.15, 0.2) is 0 Å². The molecule has 1 atom stereocenters. The summed E-state index contributed by atoms with van der Waals surface area (Å²) in [5.74, 6) is -0.253. The first-order valence-electron chi connectivity index (χ1n) is 9.68. The molecule has 3 aliphatic heterocycles. The molecule has 6 heteroatoms. The topological polar surface area (TPSA) is 39.5 Å². The van der Waals surface area contributed by atoms with Crippen LogP contribution >= 0.6 is 11.9 Å². The summed E-state index contributed by atoms with van der Waals surface area (Å²) in [5, 5.41) is 9.01. The van der Waals surface area contributed by atoms with Crippen LogP contribution in [0.15, 0.2) is 23.1 Å². The number of ether oxygens (including phenoxy) is 1. The minimum atomic E-state index is -0.253. The van der Waals surface area contributed by atoms with E-state index in [4.69, 9.17) is 10.00 Å². The van der Waals surface area contributed by atoms with E-state index < -0.39 is 0 Å². The molecule has 4 rings (SSSR count). The molecule has 3 fully saturated rings. The number of benzene rings is 1. The van der Waals surface area contributed by atoms with Crippen LogP contribution in [0.5, 0.6) is 0 Å². The van der Waals surface area contributed by atoms with Crippen molar-refractivity contribution in [2.75, 3.05) is 32.8 Å². The van der Waals surface area contributed by atoms with Crippen LogP contribution in [0.2, 0.25) is 0 Å². The van der Waals surface area contributed by atoms with Gasteiger partial charge in [-0.25, -0.2) is 8.70 Å². The fraction of sp³-hybridized carbons (Fsp3) is 0.650. The van der Waals surface area contributed by atoms with Crippen LogP contribution in [0.4, 0.5) is 4.39 Å². The number of likely N-dealkylation sites (tertiary alicyclic amines) is 1. The van der Waals surface area contributed by atoms with Gasteiger partial charge in [-0.3, -0.25) is 4.90 Å². The Kier molecular flexibility index (Phi) is 5.51. The van der Waals surface area contributed by atoms with Crippen LogP contribution in [-0.2, 0) is 4.74 Å². The maximum atomic E-state index is 14.0. The fourth-order valence-corrected chi connectivity index (χ4v) is 5.43. The highest BCUT2D eigenvalue weighted by Gasteiger charge is 2.44. The summed E-state index contributed by atoms with van der Waals surface area (Å²) in [5.41, 5.74) is 0.526. The number of rotatable bonds is 3. The lowest BCUT2D eigenvalue weighted by molar-refractivity contribution is -0.0307. The zero-order valence-corrected chi connectivity index (χ0v) is 15.9. The summed E-state index contributed by atoms with van der Waals surface area (Å²) >= 11 is 1.43. The SMILES string of the molecule is N#Cc1ccc(F)c(SN2CCC3(CC2)CC(N2CCCCC2)CO3)c1. The van der Waals surface area contributed by atoms with E-state index in [-0.39, 0.29) is 11.4 Å². The van der Waals surface area contributed by atoms with E-state index in [0.717, 1.165) is 39.0 Å². The molecule has 140 valence electrons. The highest BCUT2D eigenvalue weighted by Crippen LogP contribution is 2.40. The second kappa shape index (κ2) is 7.85. The molecule has 26 heavy (non-hydrogen) atoms. The quantitative estimate of drug-likeness (QED) is 0.751. The standard InChI is InChI=1S/C20H26FN3OS/c21-18-5-4-16(14-22)12-19(18)26-24-10-6-20(7-11-24)13-17(15-25-20)23-8-2-1-3-9-23/h4-5,12,17H,1-3,6-11,13,15H2. The normalized spacial score (nSPS) is 26.8. The third kappa shape index (κ3) is 3.91. The number of piperidine rings is 2. The molecule has 0 N–H and O–H groups in total. The van der Waals surface area contributed by atoms with E-state index in [2.05, 4.69) is 15.3 Å². The Morgan fingerprint density at radius 2 is 1.92 bits per heavy atom. The van der Waals surface area contributed by atoms with Crippen molar-refractivity contribution in [3.63, 3.8) is 0 Å². The maximum absolute atomic E-state index is 14.0. The van der Waals surface area contributed by atoms with Crippen LogP contribution in [0, 0.1) is 17.1 Å². The Bertz CT molecular complexity index is 678. The van der Waals surface area contributed by atoms with Gasteiger partial charge in [-0.15, -0.1) is 0 Å². The molecule has 0 amide bonds. The summed E-state index contributed by atoms with van der Waals surface area (Å²) in [7, 11) is 0. The smallest absolute Gasteiger partial charge is 0.138 e. The second-order valence-corrected chi connectivity index (χ2v) is 8.86. The zero-order chi connectivity index (χ0) is 18.0. The Morgan fingerprint density at radius 1 is 1.15 bits per heavy atom.